The standard InChI is InChI=1S/C24H29N5O2S2/c1-4-12-29-22(31)20-21(26-23(33-20)28-13-6-5-7-14-28)27-24(29)32-15-19(30)25-18-10-8-17(9-11-18)16(2)3/h4,8-11,16H,1,5-7,12-15H2,2-3H3,(H,25,30). The third-order valence-electron chi connectivity index (χ3n) is 5.60. The number of amides is 1. The minimum Gasteiger partial charge on any atom is -0.348 e. The van der Waals surface area contributed by atoms with Crippen LogP contribution in [-0.2, 0) is 11.3 Å². The van der Waals surface area contributed by atoms with Gasteiger partial charge < -0.3 is 10.2 Å². The van der Waals surface area contributed by atoms with Crippen LogP contribution in [0.15, 0.2) is 46.9 Å². The predicted molar refractivity (Wildman–Crippen MR) is 138 cm³/mol. The normalized spacial score (nSPS) is 14.1. The number of rotatable bonds is 8. The summed E-state index contributed by atoms with van der Waals surface area (Å²) in [6.07, 6.45) is 5.18. The van der Waals surface area contributed by atoms with Crippen LogP contribution in [-0.4, -0.2) is 39.3 Å². The smallest absolute Gasteiger partial charge is 0.274 e. The van der Waals surface area contributed by atoms with Gasteiger partial charge in [-0.15, -0.1) is 6.58 Å². The number of nitrogens with zero attached hydrogens (tertiary/aromatic N) is 4. The maximum Gasteiger partial charge on any atom is 0.274 e. The van der Waals surface area contributed by atoms with Crippen LogP contribution in [0.4, 0.5) is 10.8 Å². The van der Waals surface area contributed by atoms with E-state index < -0.39 is 0 Å². The van der Waals surface area contributed by atoms with Gasteiger partial charge in [0.2, 0.25) is 5.91 Å². The van der Waals surface area contributed by atoms with E-state index in [1.807, 2.05) is 24.3 Å². The molecule has 0 radical (unpaired) electrons. The molecule has 0 unspecified atom stereocenters. The van der Waals surface area contributed by atoms with Crippen molar-refractivity contribution in [2.45, 2.75) is 50.7 Å². The first-order chi connectivity index (χ1) is 16.0. The Labute approximate surface area is 201 Å². The van der Waals surface area contributed by atoms with E-state index in [-0.39, 0.29) is 17.2 Å². The van der Waals surface area contributed by atoms with Gasteiger partial charge in [0.15, 0.2) is 15.9 Å². The van der Waals surface area contributed by atoms with Crippen LogP contribution in [0.1, 0.15) is 44.6 Å². The molecule has 3 heterocycles. The van der Waals surface area contributed by atoms with E-state index in [9.17, 15) is 9.59 Å². The molecular weight excluding hydrogens is 454 g/mol. The zero-order valence-corrected chi connectivity index (χ0v) is 20.7. The minimum atomic E-state index is -0.149. The van der Waals surface area contributed by atoms with Crippen LogP contribution in [0, 0.1) is 0 Å². The minimum absolute atomic E-state index is 0.132. The second kappa shape index (κ2) is 10.5. The van der Waals surface area contributed by atoms with Crippen LogP contribution in [0.25, 0.3) is 10.3 Å². The summed E-state index contributed by atoms with van der Waals surface area (Å²) in [5.41, 5.74) is 2.30. The van der Waals surface area contributed by atoms with Crippen LogP contribution in [0.2, 0.25) is 0 Å². The molecule has 9 heteroatoms. The summed E-state index contributed by atoms with van der Waals surface area (Å²) in [6.45, 7) is 10.3. The van der Waals surface area contributed by atoms with Crippen molar-refractivity contribution in [2.75, 3.05) is 29.1 Å². The molecule has 1 aliphatic rings. The van der Waals surface area contributed by atoms with Crippen molar-refractivity contribution >= 4 is 50.2 Å². The second-order valence-electron chi connectivity index (χ2n) is 8.41. The van der Waals surface area contributed by atoms with E-state index >= 15 is 0 Å². The van der Waals surface area contributed by atoms with Crippen LogP contribution >= 0.6 is 23.1 Å². The Balaban J connectivity index is 1.51. The Hall–Kier alpha value is -2.65. The Morgan fingerprint density at radius 2 is 1.94 bits per heavy atom. The number of anilines is 2. The number of carbonyl (C=O) groups is 1. The number of nitrogens with one attached hydrogen (secondary N) is 1. The number of thioether (sulfide) groups is 1. The van der Waals surface area contributed by atoms with E-state index in [4.69, 9.17) is 0 Å². The quantitative estimate of drug-likeness (QED) is 0.279. The fourth-order valence-electron chi connectivity index (χ4n) is 3.78. The molecule has 0 spiro atoms. The van der Waals surface area contributed by atoms with Crippen molar-refractivity contribution in [3.8, 4) is 0 Å². The highest BCUT2D eigenvalue weighted by Gasteiger charge is 2.20. The fourth-order valence-corrected chi connectivity index (χ4v) is 5.58. The summed E-state index contributed by atoms with van der Waals surface area (Å²) in [7, 11) is 0. The molecule has 1 saturated heterocycles. The zero-order valence-electron chi connectivity index (χ0n) is 19.0. The Kier molecular flexibility index (Phi) is 7.49. The molecule has 1 fully saturated rings. The monoisotopic (exact) mass is 483 g/mol. The molecule has 0 aliphatic carbocycles. The van der Waals surface area contributed by atoms with Gasteiger partial charge in [-0.05, 0) is 42.9 Å². The lowest BCUT2D eigenvalue weighted by atomic mass is 10.0. The van der Waals surface area contributed by atoms with Crippen molar-refractivity contribution in [1.29, 1.82) is 0 Å². The van der Waals surface area contributed by atoms with Crippen molar-refractivity contribution in [3.63, 3.8) is 0 Å². The Morgan fingerprint density at radius 3 is 2.61 bits per heavy atom. The molecule has 0 saturated carbocycles. The van der Waals surface area contributed by atoms with E-state index in [1.54, 1.807) is 10.6 Å². The molecule has 174 valence electrons. The number of fused-ring (bicyclic) bond motifs is 1. The van der Waals surface area contributed by atoms with Gasteiger partial charge in [0, 0.05) is 25.3 Å². The average molecular weight is 484 g/mol. The van der Waals surface area contributed by atoms with Crippen molar-refractivity contribution in [2.24, 2.45) is 0 Å². The lowest BCUT2D eigenvalue weighted by molar-refractivity contribution is -0.113. The van der Waals surface area contributed by atoms with Crippen LogP contribution in [0.5, 0.6) is 0 Å². The third-order valence-corrected chi connectivity index (χ3v) is 7.67. The van der Waals surface area contributed by atoms with Gasteiger partial charge in [-0.2, -0.15) is 4.98 Å². The molecule has 1 amide bonds. The van der Waals surface area contributed by atoms with Gasteiger partial charge in [-0.3, -0.25) is 14.2 Å². The molecular formula is C24H29N5O2S2. The van der Waals surface area contributed by atoms with Crippen molar-refractivity contribution in [3.05, 3.63) is 52.8 Å². The molecule has 0 atom stereocenters. The lowest BCUT2D eigenvalue weighted by Crippen LogP contribution is -2.29. The van der Waals surface area contributed by atoms with E-state index in [0.29, 0.717) is 28.0 Å². The third kappa shape index (κ3) is 5.47. The number of benzene rings is 1. The van der Waals surface area contributed by atoms with Gasteiger partial charge >= 0.3 is 0 Å². The number of allylic oxidation sites excluding steroid dienone is 1. The highest BCUT2D eigenvalue weighted by Crippen LogP contribution is 2.29. The molecule has 1 aliphatic heterocycles. The number of carbonyl (C=O) groups excluding carboxylic acids is 1. The van der Waals surface area contributed by atoms with Crippen molar-refractivity contribution < 1.29 is 4.79 Å². The molecule has 33 heavy (non-hydrogen) atoms. The summed E-state index contributed by atoms with van der Waals surface area (Å²) in [4.78, 5) is 37.3. The molecule has 2 aromatic heterocycles. The van der Waals surface area contributed by atoms with Gasteiger partial charge in [0.05, 0.1) is 5.75 Å². The van der Waals surface area contributed by atoms with Gasteiger partial charge in [0.1, 0.15) is 4.70 Å². The zero-order chi connectivity index (χ0) is 23.4. The summed E-state index contributed by atoms with van der Waals surface area (Å²) < 4.78 is 2.12. The average Bonchev–Trinajstić information content (AvgIpc) is 3.25. The predicted octanol–water partition coefficient (Wildman–Crippen LogP) is 4.88. The highest BCUT2D eigenvalue weighted by molar-refractivity contribution is 7.99. The number of hydrogen-bond donors (Lipinski definition) is 1. The molecule has 3 aromatic rings. The Bertz CT molecular complexity index is 1190. The van der Waals surface area contributed by atoms with E-state index in [1.165, 1.54) is 35.1 Å². The fraction of sp³-hybridized carbons (Fsp3) is 0.417. The largest absolute Gasteiger partial charge is 0.348 e. The first-order valence-electron chi connectivity index (χ1n) is 11.3. The van der Waals surface area contributed by atoms with Gasteiger partial charge in [-0.1, -0.05) is 55.2 Å². The maximum absolute atomic E-state index is 13.2. The number of hydrogen-bond acceptors (Lipinski definition) is 7. The summed E-state index contributed by atoms with van der Waals surface area (Å²) in [5, 5.41) is 4.24. The number of thiazole rings is 1. The van der Waals surface area contributed by atoms with Crippen LogP contribution in [0.3, 0.4) is 0 Å². The SMILES string of the molecule is C=CCn1c(SCC(=O)Nc2ccc(C(C)C)cc2)nc2nc(N3CCCCC3)sc2c1=O. The molecule has 7 nitrogen and oxygen atoms in total. The van der Waals surface area contributed by atoms with Crippen LogP contribution < -0.4 is 15.8 Å². The van der Waals surface area contributed by atoms with Gasteiger partial charge in [0.25, 0.3) is 5.56 Å². The molecule has 1 N–H and O–H groups in total. The van der Waals surface area contributed by atoms with E-state index in [0.717, 1.165) is 36.8 Å². The van der Waals surface area contributed by atoms with Crippen molar-refractivity contribution in [1.82, 2.24) is 14.5 Å². The summed E-state index contributed by atoms with van der Waals surface area (Å²) in [5.74, 6) is 0.433. The first-order valence-corrected chi connectivity index (χ1v) is 13.1. The van der Waals surface area contributed by atoms with Gasteiger partial charge in [-0.25, -0.2) is 4.98 Å². The first kappa shape index (κ1) is 23.5. The van der Waals surface area contributed by atoms with E-state index in [2.05, 4.69) is 40.6 Å². The maximum atomic E-state index is 13.2. The summed E-state index contributed by atoms with van der Waals surface area (Å²) in [6, 6.07) is 7.86. The lowest BCUT2D eigenvalue weighted by Gasteiger charge is -2.25. The molecule has 0 bridgehead atoms. The Morgan fingerprint density at radius 1 is 1.21 bits per heavy atom. The number of piperidine rings is 1. The summed E-state index contributed by atoms with van der Waals surface area (Å²) >= 11 is 2.64. The molecule has 4 rings (SSSR count). The highest BCUT2D eigenvalue weighted by atomic mass is 32.2. The topological polar surface area (TPSA) is 80.1 Å². The number of aromatic nitrogens is 3. The molecule has 1 aromatic carbocycles. The second-order valence-corrected chi connectivity index (χ2v) is 10.3.